The Balaban J connectivity index is 1.72. The summed E-state index contributed by atoms with van der Waals surface area (Å²) >= 11 is 1.26. The largest absolute Gasteiger partial charge is 0.490 e. The van der Waals surface area contributed by atoms with Crippen molar-refractivity contribution in [2.24, 2.45) is 0 Å². The molecule has 0 bridgehead atoms. The standard InChI is InChI=1S/C18H21N3O3S/c1-3-4-13-10-16(22)20-18(19-13)25-11-17(23)21-7-8-24-15-6-5-12(2)9-14(15)21/h5-6,9-10H,3-4,7-8,11H2,1-2H3,(H,19,20,22). The second-order valence-corrected chi connectivity index (χ2v) is 6.91. The number of H-pyrrole nitrogens is 1. The molecule has 0 unspecified atom stereocenters. The van der Waals surface area contributed by atoms with Crippen LogP contribution in [-0.2, 0) is 11.2 Å². The van der Waals surface area contributed by atoms with E-state index in [2.05, 4.69) is 9.97 Å². The number of carbonyl (C=O) groups excluding carboxylic acids is 1. The Morgan fingerprint density at radius 3 is 3.04 bits per heavy atom. The van der Waals surface area contributed by atoms with Gasteiger partial charge in [0, 0.05) is 11.8 Å². The Bertz CT molecular complexity index is 835. The van der Waals surface area contributed by atoms with Crippen LogP contribution in [0.25, 0.3) is 0 Å². The predicted octanol–water partition coefficient (Wildman–Crippen LogP) is 2.55. The average Bonchev–Trinajstić information content (AvgIpc) is 2.59. The third-order valence-corrected chi connectivity index (χ3v) is 4.75. The highest BCUT2D eigenvalue weighted by Gasteiger charge is 2.24. The number of aromatic nitrogens is 2. The van der Waals surface area contributed by atoms with Gasteiger partial charge in [-0.1, -0.05) is 31.2 Å². The first kappa shape index (κ1) is 17.5. The zero-order chi connectivity index (χ0) is 17.8. The molecule has 1 aromatic heterocycles. The van der Waals surface area contributed by atoms with Crippen molar-refractivity contribution in [3.8, 4) is 5.75 Å². The summed E-state index contributed by atoms with van der Waals surface area (Å²) in [6.45, 7) is 5.03. The Labute approximate surface area is 150 Å². The Hall–Kier alpha value is -2.28. The van der Waals surface area contributed by atoms with Crippen LogP contribution in [0.4, 0.5) is 5.69 Å². The lowest BCUT2D eigenvalue weighted by atomic mass is 10.1. The monoisotopic (exact) mass is 359 g/mol. The van der Waals surface area contributed by atoms with E-state index in [0.29, 0.717) is 18.3 Å². The number of amides is 1. The lowest BCUT2D eigenvalue weighted by Gasteiger charge is -2.29. The Morgan fingerprint density at radius 2 is 2.24 bits per heavy atom. The predicted molar refractivity (Wildman–Crippen MR) is 98.6 cm³/mol. The number of aryl methyl sites for hydroxylation is 2. The molecular weight excluding hydrogens is 338 g/mol. The topological polar surface area (TPSA) is 75.3 Å². The van der Waals surface area contributed by atoms with E-state index < -0.39 is 0 Å². The summed E-state index contributed by atoms with van der Waals surface area (Å²) in [7, 11) is 0. The van der Waals surface area contributed by atoms with Crippen LogP contribution in [0.3, 0.4) is 0 Å². The van der Waals surface area contributed by atoms with Crippen molar-refractivity contribution in [2.45, 2.75) is 31.8 Å². The van der Waals surface area contributed by atoms with Crippen molar-refractivity contribution in [1.29, 1.82) is 0 Å². The smallest absolute Gasteiger partial charge is 0.251 e. The maximum absolute atomic E-state index is 12.7. The first-order valence-corrected chi connectivity index (χ1v) is 9.32. The van der Waals surface area contributed by atoms with Crippen LogP contribution in [0.1, 0.15) is 24.6 Å². The maximum Gasteiger partial charge on any atom is 0.251 e. The van der Waals surface area contributed by atoms with Gasteiger partial charge in [0.25, 0.3) is 5.56 Å². The Morgan fingerprint density at radius 1 is 1.40 bits per heavy atom. The highest BCUT2D eigenvalue weighted by Crippen LogP contribution is 2.32. The molecular formula is C18H21N3O3S. The normalized spacial score (nSPS) is 13.3. The molecule has 0 spiro atoms. The second kappa shape index (κ2) is 7.74. The number of hydrogen-bond donors (Lipinski definition) is 1. The summed E-state index contributed by atoms with van der Waals surface area (Å²) in [6.07, 6.45) is 1.67. The van der Waals surface area contributed by atoms with Gasteiger partial charge in [0.2, 0.25) is 5.91 Å². The fourth-order valence-electron chi connectivity index (χ4n) is 2.73. The summed E-state index contributed by atoms with van der Waals surface area (Å²) in [5.41, 5.74) is 2.46. The van der Waals surface area contributed by atoms with E-state index in [1.807, 2.05) is 32.0 Å². The molecule has 1 amide bonds. The highest BCUT2D eigenvalue weighted by molar-refractivity contribution is 7.99. The van der Waals surface area contributed by atoms with Crippen molar-refractivity contribution in [3.05, 3.63) is 45.9 Å². The molecule has 3 rings (SSSR count). The molecule has 1 aliphatic heterocycles. The fraction of sp³-hybridized carbons (Fsp3) is 0.389. The number of benzene rings is 1. The molecule has 0 saturated heterocycles. The van der Waals surface area contributed by atoms with Crippen molar-refractivity contribution < 1.29 is 9.53 Å². The quantitative estimate of drug-likeness (QED) is 0.656. The summed E-state index contributed by atoms with van der Waals surface area (Å²) in [6, 6.07) is 7.33. The number of carbonyl (C=O) groups is 1. The minimum Gasteiger partial charge on any atom is -0.490 e. The lowest BCUT2D eigenvalue weighted by Crippen LogP contribution is -2.39. The summed E-state index contributed by atoms with van der Waals surface area (Å²) in [4.78, 5) is 33.2. The van der Waals surface area contributed by atoms with Crippen LogP contribution in [0.15, 0.2) is 34.2 Å². The second-order valence-electron chi connectivity index (χ2n) is 5.95. The van der Waals surface area contributed by atoms with Crippen LogP contribution < -0.4 is 15.2 Å². The SMILES string of the molecule is CCCc1cc(=O)[nH]c(SCC(=O)N2CCOc3ccc(C)cc32)n1. The van der Waals surface area contributed by atoms with Gasteiger partial charge in [-0.15, -0.1) is 0 Å². The van der Waals surface area contributed by atoms with Gasteiger partial charge in [-0.25, -0.2) is 4.98 Å². The number of nitrogens with zero attached hydrogens (tertiary/aromatic N) is 2. The number of rotatable bonds is 5. The number of nitrogens with one attached hydrogen (secondary N) is 1. The van der Waals surface area contributed by atoms with Gasteiger partial charge in [-0.05, 0) is 31.0 Å². The molecule has 25 heavy (non-hydrogen) atoms. The molecule has 0 atom stereocenters. The summed E-state index contributed by atoms with van der Waals surface area (Å²) in [5.74, 6) is 0.918. The molecule has 132 valence electrons. The van der Waals surface area contributed by atoms with Crippen LogP contribution in [0.5, 0.6) is 5.75 Å². The molecule has 2 heterocycles. The van der Waals surface area contributed by atoms with Gasteiger partial charge in [0.05, 0.1) is 18.0 Å². The molecule has 6 nitrogen and oxygen atoms in total. The number of ether oxygens (including phenoxy) is 1. The third kappa shape index (κ3) is 4.22. The van der Waals surface area contributed by atoms with Gasteiger partial charge in [-0.2, -0.15) is 0 Å². The zero-order valence-corrected chi connectivity index (χ0v) is 15.2. The van der Waals surface area contributed by atoms with E-state index in [0.717, 1.165) is 35.5 Å². The number of fused-ring (bicyclic) bond motifs is 1. The molecule has 0 radical (unpaired) electrons. The number of thioether (sulfide) groups is 1. The van der Waals surface area contributed by atoms with E-state index in [4.69, 9.17) is 4.74 Å². The number of anilines is 1. The molecule has 1 aromatic carbocycles. The fourth-order valence-corrected chi connectivity index (χ4v) is 3.50. The van der Waals surface area contributed by atoms with Crippen molar-refractivity contribution in [1.82, 2.24) is 9.97 Å². The van der Waals surface area contributed by atoms with Gasteiger partial charge in [0.15, 0.2) is 5.16 Å². The summed E-state index contributed by atoms with van der Waals surface area (Å²) < 4.78 is 5.62. The zero-order valence-electron chi connectivity index (χ0n) is 14.4. The van der Waals surface area contributed by atoms with Crippen LogP contribution in [0.2, 0.25) is 0 Å². The van der Waals surface area contributed by atoms with Crippen LogP contribution >= 0.6 is 11.8 Å². The van der Waals surface area contributed by atoms with Gasteiger partial charge in [0.1, 0.15) is 12.4 Å². The van der Waals surface area contributed by atoms with Crippen LogP contribution in [-0.4, -0.2) is 34.8 Å². The van der Waals surface area contributed by atoms with E-state index in [1.165, 1.54) is 17.8 Å². The lowest BCUT2D eigenvalue weighted by molar-refractivity contribution is -0.116. The van der Waals surface area contributed by atoms with Crippen molar-refractivity contribution in [3.63, 3.8) is 0 Å². The number of hydrogen-bond acceptors (Lipinski definition) is 5. The van der Waals surface area contributed by atoms with E-state index >= 15 is 0 Å². The maximum atomic E-state index is 12.7. The third-order valence-electron chi connectivity index (χ3n) is 3.89. The molecule has 0 saturated carbocycles. The summed E-state index contributed by atoms with van der Waals surface area (Å²) in [5, 5.41) is 0.488. The van der Waals surface area contributed by atoms with E-state index in [-0.39, 0.29) is 17.2 Å². The van der Waals surface area contributed by atoms with Gasteiger partial charge in [-0.3, -0.25) is 9.59 Å². The molecule has 0 aliphatic carbocycles. The highest BCUT2D eigenvalue weighted by atomic mass is 32.2. The Kier molecular flexibility index (Phi) is 5.43. The first-order chi connectivity index (χ1) is 12.1. The van der Waals surface area contributed by atoms with Gasteiger partial charge < -0.3 is 14.6 Å². The molecule has 1 aliphatic rings. The molecule has 1 N–H and O–H groups in total. The van der Waals surface area contributed by atoms with Crippen molar-refractivity contribution >= 4 is 23.4 Å². The average molecular weight is 359 g/mol. The van der Waals surface area contributed by atoms with Crippen LogP contribution in [0, 0.1) is 6.92 Å². The minimum absolute atomic E-state index is 0.0244. The molecule has 7 heteroatoms. The van der Waals surface area contributed by atoms with Crippen molar-refractivity contribution in [2.75, 3.05) is 23.8 Å². The van der Waals surface area contributed by atoms with E-state index in [1.54, 1.807) is 4.90 Å². The number of aromatic amines is 1. The van der Waals surface area contributed by atoms with Gasteiger partial charge >= 0.3 is 0 Å². The molecule has 2 aromatic rings. The molecule has 0 fully saturated rings. The minimum atomic E-state index is -0.180. The first-order valence-electron chi connectivity index (χ1n) is 8.33. The van der Waals surface area contributed by atoms with E-state index in [9.17, 15) is 9.59 Å².